The van der Waals surface area contributed by atoms with E-state index in [1.165, 1.54) is 0 Å². The SMILES string of the molecule is C=CC(=O)OC(C)OCC1CCCO1. The summed E-state index contributed by atoms with van der Waals surface area (Å²) in [7, 11) is 0. The van der Waals surface area contributed by atoms with Crippen LogP contribution in [0.4, 0.5) is 0 Å². The van der Waals surface area contributed by atoms with Crippen LogP contribution in [0.3, 0.4) is 0 Å². The minimum Gasteiger partial charge on any atom is -0.433 e. The zero-order valence-electron chi connectivity index (χ0n) is 8.40. The third-order valence-corrected chi connectivity index (χ3v) is 1.99. The Labute approximate surface area is 83.8 Å². The first-order valence-corrected chi connectivity index (χ1v) is 4.78. The van der Waals surface area contributed by atoms with Gasteiger partial charge < -0.3 is 14.2 Å². The van der Waals surface area contributed by atoms with Gasteiger partial charge >= 0.3 is 5.97 Å². The molecule has 1 saturated heterocycles. The molecule has 14 heavy (non-hydrogen) atoms. The number of hydrogen-bond acceptors (Lipinski definition) is 4. The first kappa shape index (κ1) is 11.2. The maximum Gasteiger partial charge on any atom is 0.332 e. The Morgan fingerprint density at radius 2 is 2.57 bits per heavy atom. The van der Waals surface area contributed by atoms with Crippen molar-refractivity contribution in [3.05, 3.63) is 12.7 Å². The van der Waals surface area contributed by atoms with E-state index >= 15 is 0 Å². The van der Waals surface area contributed by atoms with Crippen LogP contribution in [0.25, 0.3) is 0 Å². The van der Waals surface area contributed by atoms with Crippen molar-refractivity contribution >= 4 is 5.97 Å². The quantitative estimate of drug-likeness (QED) is 0.380. The number of carbonyl (C=O) groups is 1. The van der Waals surface area contributed by atoms with Gasteiger partial charge in [0.05, 0.1) is 12.7 Å². The summed E-state index contributed by atoms with van der Waals surface area (Å²) in [5.41, 5.74) is 0. The fourth-order valence-electron chi connectivity index (χ4n) is 1.26. The molecule has 1 heterocycles. The van der Waals surface area contributed by atoms with E-state index in [4.69, 9.17) is 14.2 Å². The van der Waals surface area contributed by atoms with Crippen molar-refractivity contribution in [1.29, 1.82) is 0 Å². The van der Waals surface area contributed by atoms with Gasteiger partial charge in [-0.2, -0.15) is 0 Å². The van der Waals surface area contributed by atoms with Gasteiger partial charge in [0.15, 0.2) is 0 Å². The molecular formula is C10H16O4. The fourth-order valence-corrected chi connectivity index (χ4v) is 1.26. The number of esters is 1. The first-order chi connectivity index (χ1) is 6.72. The van der Waals surface area contributed by atoms with Crippen LogP contribution in [-0.4, -0.2) is 31.6 Å². The van der Waals surface area contributed by atoms with Crippen molar-refractivity contribution in [2.45, 2.75) is 32.2 Å². The van der Waals surface area contributed by atoms with Crippen molar-refractivity contribution in [2.75, 3.05) is 13.2 Å². The molecule has 0 N–H and O–H groups in total. The molecule has 1 fully saturated rings. The molecule has 2 atom stereocenters. The van der Waals surface area contributed by atoms with Crippen LogP contribution in [0.15, 0.2) is 12.7 Å². The van der Waals surface area contributed by atoms with Crippen LogP contribution in [0, 0.1) is 0 Å². The maximum absolute atomic E-state index is 10.8. The van der Waals surface area contributed by atoms with Gasteiger partial charge in [0.25, 0.3) is 0 Å². The minimum absolute atomic E-state index is 0.153. The fraction of sp³-hybridized carbons (Fsp3) is 0.700. The van der Waals surface area contributed by atoms with Crippen LogP contribution >= 0.6 is 0 Å². The van der Waals surface area contributed by atoms with E-state index < -0.39 is 12.3 Å². The van der Waals surface area contributed by atoms with Crippen molar-refractivity contribution in [3.63, 3.8) is 0 Å². The van der Waals surface area contributed by atoms with Gasteiger partial charge in [0.2, 0.25) is 6.29 Å². The van der Waals surface area contributed by atoms with E-state index in [1.807, 2.05) is 0 Å². The highest BCUT2D eigenvalue weighted by atomic mass is 16.7. The van der Waals surface area contributed by atoms with E-state index in [0.717, 1.165) is 25.5 Å². The van der Waals surface area contributed by atoms with Crippen LogP contribution in [0.5, 0.6) is 0 Å². The number of carbonyl (C=O) groups excluding carboxylic acids is 1. The third kappa shape index (κ3) is 3.89. The molecule has 0 saturated carbocycles. The van der Waals surface area contributed by atoms with E-state index in [-0.39, 0.29) is 6.10 Å². The molecule has 0 aromatic heterocycles. The highest BCUT2D eigenvalue weighted by molar-refractivity contribution is 5.81. The summed E-state index contributed by atoms with van der Waals surface area (Å²) in [5, 5.41) is 0. The van der Waals surface area contributed by atoms with Crippen LogP contribution in [-0.2, 0) is 19.0 Å². The van der Waals surface area contributed by atoms with Crippen LogP contribution < -0.4 is 0 Å². The van der Waals surface area contributed by atoms with Crippen molar-refractivity contribution in [3.8, 4) is 0 Å². The lowest BCUT2D eigenvalue weighted by Gasteiger charge is -2.15. The number of ether oxygens (including phenoxy) is 3. The molecule has 0 spiro atoms. The molecule has 0 amide bonds. The zero-order valence-corrected chi connectivity index (χ0v) is 8.40. The summed E-state index contributed by atoms with van der Waals surface area (Å²) in [6.07, 6.45) is 2.83. The average molecular weight is 200 g/mol. The molecule has 80 valence electrons. The summed E-state index contributed by atoms with van der Waals surface area (Å²) in [6.45, 7) is 6.25. The average Bonchev–Trinajstić information content (AvgIpc) is 2.67. The summed E-state index contributed by atoms with van der Waals surface area (Å²) >= 11 is 0. The summed E-state index contributed by atoms with van der Waals surface area (Å²) in [4.78, 5) is 10.8. The summed E-state index contributed by atoms with van der Waals surface area (Å²) in [5.74, 6) is -0.468. The highest BCUT2D eigenvalue weighted by Gasteiger charge is 2.17. The Bertz CT molecular complexity index is 196. The molecule has 0 radical (unpaired) electrons. The molecule has 0 aromatic carbocycles. The lowest BCUT2D eigenvalue weighted by Crippen LogP contribution is -2.22. The summed E-state index contributed by atoms with van der Waals surface area (Å²) < 4.78 is 15.5. The maximum atomic E-state index is 10.8. The Hall–Kier alpha value is -0.870. The molecule has 1 rings (SSSR count). The van der Waals surface area contributed by atoms with Gasteiger partial charge in [-0.25, -0.2) is 4.79 Å². The lowest BCUT2D eigenvalue weighted by atomic mass is 10.2. The Morgan fingerprint density at radius 1 is 1.79 bits per heavy atom. The Morgan fingerprint density at radius 3 is 3.14 bits per heavy atom. The van der Waals surface area contributed by atoms with Gasteiger partial charge in [-0.1, -0.05) is 6.58 Å². The van der Waals surface area contributed by atoms with E-state index in [9.17, 15) is 4.79 Å². The number of hydrogen-bond donors (Lipinski definition) is 0. The van der Waals surface area contributed by atoms with Gasteiger partial charge in [0.1, 0.15) is 0 Å². The molecule has 1 aliphatic heterocycles. The molecule has 4 nitrogen and oxygen atoms in total. The van der Waals surface area contributed by atoms with Crippen molar-refractivity contribution in [1.82, 2.24) is 0 Å². The lowest BCUT2D eigenvalue weighted by molar-refractivity contribution is -0.174. The largest absolute Gasteiger partial charge is 0.433 e. The Kier molecular flexibility index (Phi) is 4.62. The molecule has 0 aliphatic carbocycles. The van der Waals surface area contributed by atoms with E-state index in [2.05, 4.69) is 6.58 Å². The van der Waals surface area contributed by atoms with Gasteiger partial charge in [0, 0.05) is 12.7 Å². The first-order valence-electron chi connectivity index (χ1n) is 4.78. The molecule has 2 unspecified atom stereocenters. The molecule has 4 heteroatoms. The smallest absolute Gasteiger partial charge is 0.332 e. The van der Waals surface area contributed by atoms with E-state index in [0.29, 0.717) is 6.61 Å². The van der Waals surface area contributed by atoms with Gasteiger partial charge in [-0.05, 0) is 19.8 Å². The monoisotopic (exact) mass is 200 g/mol. The van der Waals surface area contributed by atoms with E-state index in [1.54, 1.807) is 6.92 Å². The van der Waals surface area contributed by atoms with Crippen LogP contribution in [0.1, 0.15) is 19.8 Å². The third-order valence-electron chi connectivity index (χ3n) is 1.99. The summed E-state index contributed by atoms with van der Waals surface area (Å²) in [6, 6.07) is 0. The minimum atomic E-state index is -0.537. The molecular weight excluding hydrogens is 184 g/mol. The predicted octanol–water partition coefficient (Wildman–Crippen LogP) is 1.26. The number of rotatable bonds is 5. The molecule has 0 bridgehead atoms. The highest BCUT2D eigenvalue weighted by Crippen LogP contribution is 2.12. The second-order valence-corrected chi connectivity index (χ2v) is 3.18. The predicted molar refractivity (Wildman–Crippen MR) is 50.7 cm³/mol. The second kappa shape index (κ2) is 5.78. The molecule has 1 aliphatic rings. The Balaban J connectivity index is 2.10. The van der Waals surface area contributed by atoms with Crippen molar-refractivity contribution in [2.24, 2.45) is 0 Å². The topological polar surface area (TPSA) is 44.8 Å². The van der Waals surface area contributed by atoms with Crippen LogP contribution in [0.2, 0.25) is 0 Å². The van der Waals surface area contributed by atoms with Crippen molar-refractivity contribution < 1.29 is 19.0 Å². The van der Waals surface area contributed by atoms with Gasteiger partial charge in [-0.3, -0.25) is 0 Å². The molecule has 0 aromatic rings. The van der Waals surface area contributed by atoms with Gasteiger partial charge in [-0.15, -0.1) is 0 Å². The standard InChI is InChI=1S/C10H16O4/c1-3-10(11)14-8(2)13-7-9-5-4-6-12-9/h3,8-9H,1,4-7H2,2H3. The zero-order chi connectivity index (χ0) is 10.4. The second-order valence-electron chi connectivity index (χ2n) is 3.18. The normalized spacial score (nSPS) is 23.1.